The Balaban J connectivity index is 2.03. The van der Waals surface area contributed by atoms with Gasteiger partial charge in [-0.2, -0.15) is 0 Å². The summed E-state index contributed by atoms with van der Waals surface area (Å²) < 4.78 is 0. The van der Waals surface area contributed by atoms with Gasteiger partial charge in [-0.25, -0.2) is 4.98 Å². The molecule has 0 radical (unpaired) electrons. The minimum absolute atomic E-state index is 0.0341. The summed E-state index contributed by atoms with van der Waals surface area (Å²) >= 11 is 1.47. The van der Waals surface area contributed by atoms with Crippen LogP contribution in [0.15, 0.2) is 0 Å². The third-order valence-corrected chi connectivity index (χ3v) is 4.28. The Bertz CT molecular complexity index is 416. The van der Waals surface area contributed by atoms with Crippen molar-refractivity contribution in [3.05, 3.63) is 15.6 Å². The number of piperidine rings is 1. The number of nitrogens with one attached hydrogen (secondary N) is 2. The molecular formula is C12H19N3OS. The van der Waals surface area contributed by atoms with Crippen LogP contribution in [-0.4, -0.2) is 30.0 Å². The first kappa shape index (κ1) is 12.5. The van der Waals surface area contributed by atoms with Gasteiger partial charge >= 0.3 is 0 Å². The smallest absolute Gasteiger partial charge is 0.263 e. The van der Waals surface area contributed by atoms with Crippen molar-refractivity contribution in [3.8, 4) is 0 Å². The molecule has 0 bridgehead atoms. The molecule has 17 heavy (non-hydrogen) atoms. The number of thiazole rings is 1. The number of nitrogens with zero attached hydrogens (tertiary/aromatic N) is 1. The summed E-state index contributed by atoms with van der Waals surface area (Å²) in [6.07, 6.45) is 1.00. The van der Waals surface area contributed by atoms with E-state index < -0.39 is 0 Å². The molecule has 2 unspecified atom stereocenters. The number of hydrogen-bond donors (Lipinski definition) is 2. The fourth-order valence-corrected chi connectivity index (χ4v) is 3.03. The highest BCUT2D eigenvalue weighted by atomic mass is 32.1. The average Bonchev–Trinajstić information content (AvgIpc) is 2.61. The van der Waals surface area contributed by atoms with Gasteiger partial charge in [0.05, 0.1) is 10.7 Å². The summed E-state index contributed by atoms with van der Waals surface area (Å²) in [4.78, 5) is 17.2. The highest BCUT2D eigenvalue weighted by Crippen LogP contribution is 2.18. The van der Waals surface area contributed by atoms with Crippen LogP contribution in [0.5, 0.6) is 0 Å². The molecule has 2 heterocycles. The molecule has 1 fully saturated rings. The summed E-state index contributed by atoms with van der Waals surface area (Å²) in [6.45, 7) is 7.95. The van der Waals surface area contributed by atoms with E-state index in [0.717, 1.165) is 35.1 Å². The first-order valence-corrected chi connectivity index (χ1v) is 6.85. The van der Waals surface area contributed by atoms with Crippen LogP contribution in [0.4, 0.5) is 0 Å². The van der Waals surface area contributed by atoms with Crippen molar-refractivity contribution in [2.24, 2.45) is 5.92 Å². The lowest BCUT2D eigenvalue weighted by Crippen LogP contribution is -2.48. The molecule has 1 aliphatic heterocycles. The Morgan fingerprint density at radius 3 is 2.88 bits per heavy atom. The molecule has 0 saturated carbocycles. The predicted octanol–water partition coefficient (Wildman–Crippen LogP) is 1.49. The SMILES string of the molecule is Cc1nc(C)c(C(=O)NC2CCNCC2C)s1. The Kier molecular flexibility index (Phi) is 3.79. The van der Waals surface area contributed by atoms with Gasteiger partial charge in [0.25, 0.3) is 5.91 Å². The molecule has 2 rings (SSSR count). The molecule has 1 aliphatic rings. The van der Waals surface area contributed by atoms with Crippen LogP contribution >= 0.6 is 11.3 Å². The highest BCUT2D eigenvalue weighted by molar-refractivity contribution is 7.13. The van der Waals surface area contributed by atoms with Crippen LogP contribution in [0.3, 0.4) is 0 Å². The molecule has 0 spiro atoms. The Labute approximate surface area is 106 Å². The second-order valence-electron chi connectivity index (χ2n) is 4.70. The van der Waals surface area contributed by atoms with Crippen LogP contribution in [0.2, 0.25) is 0 Å². The Morgan fingerprint density at radius 1 is 1.53 bits per heavy atom. The fourth-order valence-electron chi connectivity index (χ4n) is 2.20. The average molecular weight is 253 g/mol. The number of aromatic nitrogens is 1. The van der Waals surface area contributed by atoms with E-state index in [0.29, 0.717) is 5.92 Å². The van der Waals surface area contributed by atoms with Gasteiger partial charge in [-0.1, -0.05) is 6.92 Å². The summed E-state index contributed by atoms with van der Waals surface area (Å²) in [5.74, 6) is 0.522. The Morgan fingerprint density at radius 2 is 2.29 bits per heavy atom. The first-order valence-electron chi connectivity index (χ1n) is 6.03. The monoisotopic (exact) mass is 253 g/mol. The van der Waals surface area contributed by atoms with Crippen molar-refractivity contribution < 1.29 is 4.79 Å². The maximum atomic E-state index is 12.1. The molecule has 1 aromatic rings. The third kappa shape index (κ3) is 2.84. The van der Waals surface area contributed by atoms with Crippen LogP contribution in [0.25, 0.3) is 0 Å². The van der Waals surface area contributed by atoms with Crippen molar-refractivity contribution in [1.82, 2.24) is 15.6 Å². The van der Waals surface area contributed by atoms with Gasteiger partial charge in [0, 0.05) is 6.04 Å². The summed E-state index contributed by atoms with van der Waals surface area (Å²) in [5.41, 5.74) is 0.839. The second-order valence-corrected chi connectivity index (χ2v) is 5.90. The minimum atomic E-state index is 0.0341. The first-order chi connectivity index (χ1) is 8.08. The molecular weight excluding hydrogens is 234 g/mol. The van der Waals surface area contributed by atoms with Crippen molar-refractivity contribution in [1.29, 1.82) is 0 Å². The molecule has 4 nitrogen and oxygen atoms in total. The maximum Gasteiger partial charge on any atom is 0.263 e. The number of hydrogen-bond acceptors (Lipinski definition) is 4. The molecule has 1 aromatic heterocycles. The normalized spacial score (nSPS) is 24.6. The zero-order valence-corrected chi connectivity index (χ0v) is 11.4. The predicted molar refractivity (Wildman–Crippen MR) is 69.5 cm³/mol. The molecule has 1 amide bonds. The molecule has 94 valence electrons. The lowest BCUT2D eigenvalue weighted by atomic mass is 9.95. The van der Waals surface area contributed by atoms with E-state index in [1.165, 1.54) is 11.3 Å². The molecule has 0 aromatic carbocycles. The lowest BCUT2D eigenvalue weighted by Gasteiger charge is -2.30. The molecule has 1 saturated heterocycles. The van der Waals surface area contributed by atoms with Crippen molar-refractivity contribution in [2.75, 3.05) is 13.1 Å². The van der Waals surface area contributed by atoms with Crippen LogP contribution in [0, 0.1) is 19.8 Å². The number of aryl methyl sites for hydroxylation is 2. The van der Waals surface area contributed by atoms with Crippen LogP contribution < -0.4 is 10.6 Å². The maximum absolute atomic E-state index is 12.1. The quantitative estimate of drug-likeness (QED) is 0.839. The van der Waals surface area contributed by atoms with Gasteiger partial charge < -0.3 is 10.6 Å². The summed E-state index contributed by atoms with van der Waals surface area (Å²) in [7, 11) is 0. The van der Waals surface area contributed by atoms with Crippen LogP contribution in [0.1, 0.15) is 33.7 Å². The summed E-state index contributed by atoms with van der Waals surface area (Å²) in [5, 5.41) is 7.41. The van der Waals surface area contributed by atoms with Gasteiger partial charge in [-0.3, -0.25) is 4.79 Å². The fraction of sp³-hybridized carbons (Fsp3) is 0.667. The zero-order valence-electron chi connectivity index (χ0n) is 10.5. The van der Waals surface area contributed by atoms with E-state index in [-0.39, 0.29) is 11.9 Å². The number of rotatable bonds is 2. The number of amides is 1. The van der Waals surface area contributed by atoms with E-state index >= 15 is 0 Å². The van der Waals surface area contributed by atoms with E-state index in [9.17, 15) is 4.79 Å². The Hall–Kier alpha value is -0.940. The van der Waals surface area contributed by atoms with E-state index in [1.54, 1.807) is 0 Å². The van der Waals surface area contributed by atoms with Gasteiger partial charge in [0.15, 0.2) is 0 Å². The van der Waals surface area contributed by atoms with Crippen LogP contribution in [-0.2, 0) is 0 Å². The molecule has 5 heteroatoms. The van der Waals surface area contributed by atoms with Crippen molar-refractivity contribution in [3.63, 3.8) is 0 Å². The van der Waals surface area contributed by atoms with Gasteiger partial charge in [-0.05, 0) is 39.3 Å². The van der Waals surface area contributed by atoms with E-state index in [1.807, 2.05) is 13.8 Å². The molecule has 2 N–H and O–H groups in total. The van der Waals surface area contributed by atoms with Gasteiger partial charge in [-0.15, -0.1) is 11.3 Å². The van der Waals surface area contributed by atoms with Gasteiger partial charge in [0.2, 0.25) is 0 Å². The molecule has 0 aliphatic carbocycles. The number of carbonyl (C=O) groups is 1. The van der Waals surface area contributed by atoms with Gasteiger partial charge in [0.1, 0.15) is 4.88 Å². The minimum Gasteiger partial charge on any atom is -0.348 e. The summed E-state index contributed by atoms with van der Waals surface area (Å²) in [6, 6.07) is 0.283. The third-order valence-electron chi connectivity index (χ3n) is 3.21. The largest absolute Gasteiger partial charge is 0.348 e. The zero-order chi connectivity index (χ0) is 12.4. The van der Waals surface area contributed by atoms with Crippen molar-refractivity contribution in [2.45, 2.75) is 33.2 Å². The van der Waals surface area contributed by atoms with E-state index in [2.05, 4.69) is 22.5 Å². The molecule has 2 atom stereocenters. The lowest BCUT2D eigenvalue weighted by molar-refractivity contribution is 0.0917. The highest BCUT2D eigenvalue weighted by Gasteiger charge is 2.24. The standard InChI is InChI=1S/C12H19N3OS/c1-7-6-13-5-4-10(7)15-12(16)11-8(2)14-9(3)17-11/h7,10,13H,4-6H2,1-3H3,(H,15,16). The second kappa shape index (κ2) is 5.14. The topological polar surface area (TPSA) is 54.0 Å². The van der Waals surface area contributed by atoms with Crippen molar-refractivity contribution >= 4 is 17.2 Å². The van der Waals surface area contributed by atoms with E-state index in [4.69, 9.17) is 0 Å². The number of carbonyl (C=O) groups excluding carboxylic acids is 1.